The van der Waals surface area contributed by atoms with Gasteiger partial charge in [-0.2, -0.15) is 11.8 Å². The van der Waals surface area contributed by atoms with E-state index >= 15 is 0 Å². The molecule has 2 rings (SSSR count). The average Bonchev–Trinajstić information content (AvgIpc) is 2.29. The third-order valence-electron chi connectivity index (χ3n) is 2.37. The maximum Gasteiger partial charge on any atom is 0.143 e. The molecule has 1 unspecified atom stereocenters. The minimum absolute atomic E-state index is 0.395. The van der Waals surface area contributed by atoms with Crippen molar-refractivity contribution in [1.82, 2.24) is 9.97 Å². The van der Waals surface area contributed by atoms with Crippen LogP contribution in [0.2, 0.25) is 5.15 Å². The summed E-state index contributed by atoms with van der Waals surface area (Å²) in [6, 6.07) is 1.73. The zero-order valence-electron chi connectivity index (χ0n) is 8.25. The number of hydrogen-bond acceptors (Lipinski definition) is 3. The van der Waals surface area contributed by atoms with Crippen LogP contribution in [0.3, 0.4) is 0 Å². The Balaban J connectivity index is 2.22. The molecule has 0 N–H and O–H groups in total. The van der Waals surface area contributed by atoms with Crippen molar-refractivity contribution in [2.75, 3.05) is 5.75 Å². The van der Waals surface area contributed by atoms with Gasteiger partial charge < -0.3 is 0 Å². The Kier molecular flexibility index (Phi) is 4.12. The highest BCUT2D eigenvalue weighted by Crippen LogP contribution is 2.36. The number of thioether (sulfide) groups is 1. The minimum atomic E-state index is 0.395. The van der Waals surface area contributed by atoms with Gasteiger partial charge in [-0.05, 0) is 24.7 Å². The first-order chi connectivity index (χ1) is 7.29. The standard InChI is InChI=1S/C10H12Cl2N2S/c11-6-7-5-9(12)14-10(13-7)8-3-1-2-4-15-8/h5,8H,1-4,6H2. The van der Waals surface area contributed by atoms with Gasteiger partial charge in [0, 0.05) is 0 Å². The predicted octanol–water partition coefficient (Wildman–Crippen LogP) is 3.83. The molecule has 1 saturated heterocycles. The van der Waals surface area contributed by atoms with Crippen molar-refractivity contribution in [3.63, 3.8) is 0 Å². The molecule has 1 aromatic rings. The summed E-state index contributed by atoms with van der Waals surface area (Å²) in [6.07, 6.45) is 3.70. The summed E-state index contributed by atoms with van der Waals surface area (Å²) in [7, 11) is 0. The summed E-state index contributed by atoms with van der Waals surface area (Å²) in [4.78, 5) is 8.71. The number of nitrogens with zero attached hydrogens (tertiary/aromatic N) is 2. The fraction of sp³-hybridized carbons (Fsp3) is 0.600. The van der Waals surface area contributed by atoms with Crippen molar-refractivity contribution in [2.24, 2.45) is 0 Å². The quantitative estimate of drug-likeness (QED) is 0.599. The molecule has 15 heavy (non-hydrogen) atoms. The average molecular weight is 263 g/mol. The molecule has 5 heteroatoms. The van der Waals surface area contributed by atoms with Gasteiger partial charge in [0.2, 0.25) is 0 Å². The Morgan fingerprint density at radius 1 is 1.40 bits per heavy atom. The molecule has 1 aliphatic heterocycles. The molecule has 0 radical (unpaired) electrons. The Morgan fingerprint density at radius 3 is 2.93 bits per heavy atom. The number of rotatable bonds is 2. The van der Waals surface area contributed by atoms with Gasteiger partial charge in [0.1, 0.15) is 11.0 Å². The predicted molar refractivity (Wildman–Crippen MR) is 65.6 cm³/mol. The molecule has 1 aliphatic rings. The Labute approximate surface area is 104 Å². The van der Waals surface area contributed by atoms with Gasteiger partial charge in [0.25, 0.3) is 0 Å². The lowest BCUT2D eigenvalue weighted by Crippen LogP contribution is -2.07. The van der Waals surface area contributed by atoms with Crippen LogP contribution in [0.25, 0.3) is 0 Å². The summed E-state index contributed by atoms with van der Waals surface area (Å²) < 4.78 is 0. The zero-order valence-corrected chi connectivity index (χ0v) is 10.6. The highest BCUT2D eigenvalue weighted by atomic mass is 35.5. The van der Waals surface area contributed by atoms with E-state index in [1.807, 2.05) is 11.8 Å². The summed E-state index contributed by atoms with van der Waals surface area (Å²) in [6.45, 7) is 0. The molecule has 0 aliphatic carbocycles. The normalized spacial score (nSPS) is 21.6. The minimum Gasteiger partial charge on any atom is -0.235 e. The van der Waals surface area contributed by atoms with E-state index in [4.69, 9.17) is 23.2 Å². The molecular formula is C10H12Cl2N2S. The Hall–Kier alpha value is 0.01000. The highest BCUT2D eigenvalue weighted by molar-refractivity contribution is 7.99. The monoisotopic (exact) mass is 262 g/mol. The second-order valence-electron chi connectivity index (χ2n) is 3.53. The lowest BCUT2D eigenvalue weighted by atomic mass is 10.2. The van der Waals surface area contributed by atoms with Crippen LogP contribution < -0.4 is 0 Å². The fourth-order valence-corrected chi connectivity index (χ4v) is 3.23. The van der Waals surface area contributed by atoms with Crippen LogP contribution in [-0.4, -0.2) is 15.7 Å². The molecule has 2 nitrogen and oxygen atoms in total. The topological polar surface area (TPSA) is 25.8 Å². The molecule has 0 aromatic carbocycles. The summed E-state index contributed by atoms with van der Waals surface area (Å²) in [5, 5.41) is 0.904. The van der Waals surface area contributed by atoms with Gasteiger partial charge >= 0.3 is 0 Å². The molecule has 2 heterocycles. The van der Waals surface area contributed by atoms with E-state index in [0.717, 1.165) is 17.9 Å². The first-order valence-corrected chi connectivity index (χ1v) is 6.96. The van der Waals surface area contributed by atoms with Crippen molar-refractivity contribution < 1.29 is 0 Å². The molecule has 0 bridgehead atoms. The van der Waals surface area contributed by atoms with E-state index in [1.54, 1.807) is 6.07 Å². The number of halogens is 2. The summed E-state index contributed by atoms with van der Waals surface area (Å²) >= 11 is 13.6. The zero-order chi connectivity index (χ0) is 10.7. The first-order valence-electron chi connectivity index (χ1n) is 5.00. The lowest BCUT2D eigenvalue weighted by molar-refractivity contribution is 0.660. The SMILES string of the molecule is ClCc1cc(Cl)nc(C2CCCCS2)n1. The van der Waals surface area contributed by atoms with E-state index in [9.17, 15) is 0 Å². The fourth-order valence-electron chi connectivity index (χ4n) is 1.64. The van der Waals surface area contributed by atoms with Crippen LogP contribution in [0.4, 0.5) is 0 Å². The third-order valence-corrected chi connectivity index (χ3v) is 4.21. The van der Waals surface area contributed by atoms with Crippen molar-refractivity contribution in [2.45, 2.75) is 30.4 Å². The van der Waals surface area contributed by atoms with Gasteiger partial charge in [0.05, 0.1) is 16.8 Å². The highest BCUT2D eigenvalue weighted by Gasteiger charge is 2.19. The third kappa shape index (κ3) is 2.99. The van der Waals surface area contributed by atoms with Gasteiger partial charge in [0.15, 0.2) is 0 Å². The number of alkyl halides is 1. The largest absolute Gasteiger partial charge is 0.235 e. The van der Waals surface area contributed by atoms with Crippen molar-refractivity contribution in [3.05, 3.63) is 22.7 Å². The van der Waals surface area contributed by atoms with Crippen LogP contribution in [0, 0.1) is 0 Å². The molecule has 0 spiro atoms. The maximum absolute atomic E-state index is 5.93. The van der Waals surface area contributed by atoms with Crippen LogP contribution in [0.1, 0.15) is 36.0 Å². The molecule has 82 valence electrons. The van der Waals surface area contributed by atoms with Crippen molar-refractivity contribution >= 4 is 35.0 Å². The lowest BCUT2D eigenvalue weighted by Gasteiger charge is -2.20. The van der Waals surface area contributed by atoms with E-state index in [-0.39, 0.29) is 0 Å². The second kappa shape index (κ2) is 5.37. The maximum atomic E-state index is 5.93. The van der Waals surface area contributed by atoms with Gasteiger partial charge in [-0.15, -0.1) is 11.6 Å². The van der Waals surface area contributed by atoms with Gasteiger partial charge in [-0.1, -0.05) is 18.0 Å². The molecule has 0 amide bonds. The molecule has 1 fully saturated rings. The van der Waals surface area contributed by atoms with Gasteiger partial charge in [-0.25, -0.2) is 9.97 Å². The van der Waals surface area contributed by atoms with Crippen LogP contribution >= 0.6 is 35.0 Å². The van der Waals surface area contributed by atoms with E-state index < -0.39 is 0 Å². The van der Waals surface area contributed by atoms with E-state index in [0.29, 0.717) is 16.3 Å². The molecule has 0 saturated carbocycles. The van der Waals surface area contributed by atoms with Crippen LogP contribution in [0.5, 0.6) is 0 Å². The smallest absolute Gasteiger partial charge is 0.143 e. The van der Waals surface area contributed by atoms with Crippen LogP contribution in [0.15, 0.2) is 6.07 Å². The second-order valence-corrected chi connectivity index (χ2v) is 5.49. The van der Waals surface area contributed by atoms with Crippen LogP contribution in [-0.2, 0) is 5.88 Å². The van der Waals surface area contributed by atoms with E-state index in [1.165, 1.54) is 18.6 Å². The first kappa shape index (κ1) is 11.5. The Morgan fingerprint density at radius 2 is 2.27 bits per heavy atom. The molecule has 1 aromatic heterocycles. The summed E-state index contributed by atoms with van der Waals surface area (Å²) in [5.74, 6) is 2.44. The van der Waals surface area contributed by atoms with Crippen molar-refractivity contribution in [1.29, 1.82) is 0 Å². The summed E-state index contributed by atoms with van der Waals surface area (Å²) in [5.41, 5.74) is 0.817. The van der Waals surface area contributed by atoms with Gasteiger partial charge in [-0.3, -0.25) is 0 Å². The molecular weight excluding hydrogens is 251 g/mol. The number of aromatic nitrogens is 2. The van der Waals surface area contributed by atoms with E-state index in [2.05, 4.69) is 9.97 Å². The van der Waals surface area contributed by atoms with Crippen molar-refractivity contribution in [3.8, 4) is 0 Å². The number of hydrogen-bond donors (Lipinski definition) is 0. The molecule has 1 atom stereocenters. The Bertz CT molecular complexity index is 340.